The molecule has 0 saturated carbocycles. The van der Waals surface area contributed by atoms with Crippen LogP contribution in [0.4, 0.5) is 10.2 Å². The van der Waals surface area contributed by atoms with E-state index < -0.39 is 42.9 Å². The number of halogens is 1. The van der Waals surface area contributed by atoms with E-state index in [0.717, 1.165) is 4.57 Å². The van der Waals surface area contributed by atoms with Gasteiger partial charge in [0.1, 0.15) is 17.5 Å². The number of azide groups is 1. The Morgan fingerprint density at radius 1 is 1.73 bits per heavy atom. The van der Waals surface area contributed by atoms with E-state index in [2.05, 4.69) is 20.3 Å². The Morgan fingerprint density at radius 2 is 2.45 bits per heavy atom. The maximum atomic E-state index is 14.3. The van der Waals surface area contributed by atoms with Gasteiger partial charge in [-0.25, -0.2) is 9.18 Å². The highest BCUT2D eigenvalue weighted by Crippen LogP contribution is 2.38. The first kappa shape index (κ1) is 16.2. The normalized spacial score (nSPS) is 30.8. The number of alkyl halides is 1. The van der Waals surface area contributed by atoms with E-state index in [1.54, 1.807) is 7.05 Å². The molecule has 0 spiro atoms. The fourth-order valence-corrected chi connectivity index (χ4v) is 2.24. The average Bonchev–Trinajstić information content (AvgIpc) is 2.78. The van der Waals surface area contributed by atoms with Crippen LogP contribution in [0.2, 0.25) is 0 Å². The number of aliphatic hydroxyl groups excluding tert-OH is 2. The molecular weight excluding hydrogens is 299 g/mol. The van der Waals surface area contributed by atoms with Gasteiger partial charge < -0.3 is 20.3 Å². The van der Waals surface area contributed by atoms with Crippen molar-refractivity contribution in [3.05, 3.63) is 33.2 Å². The predicted octanol–water partition coefficient (Wildman–Crippen LogP) is -0.446. The van der Waals surface area contributed by atoms with Crippen LogP contribution >= 0.6 is 0 Å². The Labute approximate surface area is 123 Å². The first-order chi connectivity index (χ1) is 10.5. The summed E-state index contributed by atoms with van der Waals surface area (Å²) < 4.78 is 20.5. The molecule has 1 saturated heterocycles. The average molecular weight is 314 g/mol. The molecule has 3 N–H and O–H groups in total. The lowest BCUT2D eigenvalue weighted by Crippen LogP contribution is -2.48. The third kappa shape index (κ3) is 2.62. The number of anilines is 1. The molecule has 1 aromatic heterocycles. The highest BCUT2D eigenvalue weighted by molar-refractivity contribution is 5.30. The number of nitrogens with zero attached hydrogens (tertiary/aromatic N) is 5. The molecule has 0 bridgehead atoms. The van der Waals surface area contributed by atoms with Crippen molar-refractivity contribution in [2.45, 2.75) is 24.1 Å². The van der Waals surface area contributed by atoms with E-state index in [4.69, 9.17) is 10.3 Å². The second kappa shape index (κ2) is 6.28. The van der Waals surface area contributed by atoms with Crippen molar-refractivity contribution in [3.8, 4) is 0 Å². The lowest BCUT2D eigenvalue weighted by molar-refractivity contribution is -0.122. The van der Waals surface area contributed by atoms with Crippen molar-refractivity contribution < 1.29 is 19.3 Å². The molecular formula is C11H15FN6O4. The van der Waals surface area contributed by atoms with Crippen molar-refractivity contribution in [3.63, 3.8) is 0 Å². The lowest BCUT2D eigenvalue weighted by Gasteiger charge is -2.27. The van der Waals surface area contributed by atoms with Crippen LogP contribution < -0.4 is 11.0 Å². The molecule has 1 fully saturated rings. The monoisotopic (exact) mass is 314 g/mol. The second-order valence-electron chi connectivity index (χ2n) is 4.76. The summed E-state index contributed by atoms with van der Waals surface area (Å²) >= 11 is 0. The Morgan fingerprint density at radius 3 is 3.00 bits per heavy atom. The molecule has 120 valence electrons. The zero-order valence-corrected chi connectivity index (χ0v) is 11.6. The van der Waals surface area contributed by atoms with Crippen LogP contribution in [0.1, 0.15) is 6.23 Å². The number of aromatic nitrogens is 2. The number of hydrogen-bond donors (Lipinski definition) is 3. The van der Waals surface area contributed by atoms with Gasteiger partial charge in [0.25, 0.3) is 0 Å². The first-order valence-electron chi connectivity index (χ1n) is 6.37. The summed E-state index contributed by atoms with van der Waals surface area (Å²) in [6.45, 7) is -1.25. The van der Waals surface area contributed by atoms with Gasteiger partial charge in [-0.1, -0.05) is 5.11 Å². The number of ether oxygens (including phenoxy) is 1. The zero-order valence-electron chi connectivity index (χ0n) is 11.6. The van der Waals surface area contributed by atoms with Crippen LogP contribution in [0.3, 0.4) is 0 Å². The van der Waals surface area contributed by atoms with Crippen molar-refractivity contribution in [2.75, 3.05) is 25.5 Å². The van der Waals surface area contributed by atoms with Crippen LogP contribution in [0.5, 0.6) is 0 Å². The van der Waals surface area contributed by atoms with Gasteiger partial charge in [0.2, 0.25) is 0 Å². The van der Waals surface area contributed by atoms with Gasteiger partial charge in [-0.05, 0) is 11.6 Å². The number of aliphatic hydroxyl groups is 2. The molecule has 0 amide bonds. The SMILES string of the molecule is CNc1ccn([C@@H]2O[C@@](CO)(CN=[N+]=[N-])[C@@H](O)[C@H]2F)c(=O)n1. The van der Waals surface area contributed by atoms with E-state index in [-0.39, 0.29) is 5.82 Å². The Bertz CT molecular complexity index is 648. The molecule has 0 aliphatic carbocycles. The summed E-state index contributed by atoms with van der Waals surface area (Å²) in [7, 11) is 1.57. The summed E-state index contributed by atoms with van der Waals surface area (Å²) in [6.07, 6.45) is -3.99. The Hall–Kier alpha value is -2.20. The maximum absolute atomic E-state index is 14.3. The summed E-state index contributed by atoms with van der Waals surface area (Å²) in [4.78, 5) is 18.0. The standard InChI is InChI=1S/C11H15FN6O4/c1-14-6-2-3-18(10(21)16-6)9-7(12)8(20)11(5-19,22-9)4-15-17-13/h2-3,7-9,19-20H,4-5H2,1H3,(H,14,16,21)/t7-,8+,9-,11-/m1/s1. The largest absolute Gasteiger partial charge is 0.393 e. The summed E-state index contributed by atoms with van der Waals surface area (Å²) in [6, 6.07) is 1.43. The first-order valence-corrected chi connectivity index (χ1v) is 6.37. The Balaban J connectivity index is 2.37. The highest BCUT2D eigenvalue weighted by Gasteiger charge is 2.55. The molecule has 0 aromatic carbocycles. The molecule has 1 aliphatic heterocycles. The van der Waals surface area contributed by atoms with Gasteiger partial charge in [0.05, 0.1) is 13.2 Å². The summed E-state index contributed by atoms with van der Waals surface area (Å²) in [5.41, 5.74) is 5.75. The van der Waals surface area contributed by atoms with Crippen molar-refractivity contribution >= 4 is 5.82 Å². The van der Waals surface area contributed by atoms with Gasteiger partial charge in [0, 0.05) is 18.2 Å². The lowest BCUT2D eigenvalue weighted by atomic mass is 9.97. The molecule has 1 aromatic rings. The summed E-state index contributed by atoms with van der Waals surface area (Å²) in [5, 5.41) is 25.2. The summed E-state index contributed by atoms with van der Waals surface area (Å²) in [5.74, 6) is 0.290. The molecule has 4 atom stereocenters. The zero-order chi connectivity index (χ0) is 16.3. The van der Waals surface area contributed by atoms with Crippen LogP contribution in [0.15, 0.2) is 22.2 Å². The third-order valence-electron chi connectivity index (χ3n) is 3.50. The van der Waals surface area contributed by atoms with Crippen LogP contribution in [0.25, 0.3) is 10.4 Å². The number of rotatable bonds is 5. The van der Waals surface area contributed by atoms with Gasteiger partial charge in [-0.3, -0.25) is 4.57 Å². The van der Waals surface area contributed by atoms with Gasteiger partial charge in [-0.2, -0.15) is 4.98 Å². The van der Waals surface area contributed by atoms with E-state index in [1.807, 2.05) is 0 Å². The van der Waals surface area contributed by atoms with E-state index in [1.165, 1.54) is 12.3 Å². The van der Waals surface area contributed by atoms with Gasteiger partial charge >= 0.3 is 5.69 Å². The molecule has 10 nitrogen and oxygen atoms in total. The van der Waals surface area contributed by atoms with Gasteiger partial charge in [0.15, 0.2) is 12.4 Å². The molecule has 0 radical (unpaired) electrons. The second-order valence-corrected chi connectivity index (χ2v) is 4.76. The van der Waals surface area contributed by atoms with E-state index in [0.29, 0.717) is 0 Å². The smallest absolute Gasteiger partial charge is 0.351 e. The molecule has 1 aliphatic rings. The minimum Gasteiger partial charge on any atom is -0.393 e. The van der Waals surface area contributed by atoms with Crippen molar-refractivity contribution in [1.82, 2.24) is 9.55 Å². The van der Waals surface area contributed by atoms with Crippen LogP contribution in [0, 0.1) is 0 Å². The van der Waals surface area contributed by atoms with Gasteiger partial charge in [-0.15, -0.1) is 0 Å². The third-order valence-corrected chi connectivity index (χ3v) is 3.50. The predicted molar refractivity (Wildman–Crippen MR) is 72.9 cm³/mol. The van der Waals surface area contributed by atoms with Crippen molar-refractivity contribution in [1.29, 1.82) is 0 Å². The fourth-order valence-electron chi connectivity index (χ4n) is 2.24. The molecule has 11 heteroatoms. The molecule has 22 heavy (non-hydrogen) atoms. The number of hydrogen-bond acceptors (Lipinski definition) is 7. The maximum Gasteiger partial charge on any atom is 0.351 e. The highest BCUT2D eigenvalue weighted by atomic mass is 19.1. The van der Waals surface area contributed by atoms with E-state index in [9.17, 15) is 19.4 Å². The minimum atomic E-state index is -2.00. The number of nitrogens with one attached hydrogen (secondary N) is 1. The molecule has 2 heterocycles. The minimum absolute atomic E-state index is 0.290. The Kier molecular flexibility index (Phi) is 4.62. The fraction of sp³-hybridized carbons (Fsp3) is 0.636. The topological polar surface area (TPSA) is 145 Å². The van der Waals surface area contributed by atoms with Crippen LogP contribution in [-0.2, 0) is 4.74 Å². The van der Waals surface area contributed by atoms with E-state index >= 15 is 0 Å². The molecule has 0 unspecified atom stereocenters. The quantitative estimate of drug-likeness (QED) is 0.381. The van der Waals surface area contributed by atoms with Crippen molar-refractivity contribution in [2.24, 2.45) is 5.11 Å². The molecule has 2 rings (SSSR count). The van der Waals surface area contributed by atoms with Crippen LogP contribution in [-0.4, -0.2) is 57.8 Å².